The maximum Gasteiger partial charge on any atom is 0.234 e. The Balaban J connectivity index is 1.37. The number of amides is 1. The Morgan fingerprint density at radius 1 is 1.41 bits per heavy atom. The van der Waals surface area contributed by atoms with Gasteiger partial charge in [-0.05, 0) is 30.9 Å². The molecule has 22 heavy (non-hydrogen) atoms. The summed E-state index contributed by atoms with van der Waals surface area (Å²) in [5.41, 5.74) is 0. The molecule has 1 atom stereocenters. The van der Waals surface area contributed by atoms with Crippen molar-refractivity contribution in [1.82, 2.24) is 20.4 Å². The normalized spacial score (nSPS) is 22.3. The van der Waals surface area contributed by atoms with Crippen LogP contribution in [-0.2, 0) is 9.53 Å². The number of aromatic nitrogens is 2. The Hall–Kier alpha value is -1.73. The van der Waals surface area contributed by atoms with Gasteiger partial charge in [-0.2, -0.15) is 5.10 Å². The molecule has 1 aliphatic heterocycles. The predicted molar refractivity (Wildman–Crippen MR) is 82.4 cm³/mol. The van der Waals surface area contributed by atoms with Crippen LogP contribution in [0.1, 0.15) is 12.8 Å². The molecule has 7 heteroatoms. The fourth-order valence-electron chi connectivity index (χ4n) is 2.50. The van der Waals surface area contributed by atoms with Gasteiger partial charge < -0.3 is 15.4 Å². The predicted octanol–water partition coefficient (Wildman–Crippen LogP) is 0.116. The Morgan fingerprint density at radius 3 is 3.09 bits per heavy atom. The summed E-state index contributed by atoms with van der Waals surface area (Å²) in [5.74, 6) is 1.58. The summed E-state index contributed by atoms with van der Waals surface area (Å²) in [6.45, 7) is 4.17. The van der Waals surface area contributed by atoms with Gasteiger partial charge in [-0.15, -0.1) is 5.10 Å². The minimum absolute atomic E-state index is 0.0620. The van der Waals surface area contributed by atoms with E-state index in [1.54, 1.807) is 6.20 Å². The van der Waals surface area contributed by atoms with Crippen molar-refractivity contribution < 1.29 is 9.53 Å². The third kappa shape index (κ3) is 4.92. The van der Waals surface area contributed by atoms with Gasteiger partial charge in [0, 0.05) is 32.4 Å². The third-order valence-electron chi connectivity index (χ3n) is 3.96. The number of nitrogens with zero attached hydrogens (tertiary/aromatic N) is 3. The van der Waals surface area contributed by atoms with E-state index in [1.807, 2.05) is 12.1 Å². The summed E-state index contributed by atoms with van der Waals surface area (Å²) in [5, 5.41) is 14.0. The lowest BCUT2D eigenvalue weighted by molar-refractivity contribution is -0.124. The molecule has 2 heterocycles. The van der Waals surface area contributed by atoms with E-state index in [2.05, 4.69) is 25.7 Å². The van der Waals surface area contributed by atoms with E-state index < -0.39 is 0 Å². The quantitative estimate of drug-likeness (QED) is 0.745. The Kier molecular flexibility index (Phi) is 5.18. The van der Waals surface area contributed by atoms with E-state index in [0.717, 1.165) is 31.4 Å². The number of morpholine rings is 1. The molecule has 7 nitrogen and oxygen atoms in total. The van der Waals surface area contributed by atoms with E-state index in [4.69, 9.17) is 4.74 Å². The number of ether oxygens (including phenoxy) is 1. The number of rotatable bonds is 7. The van der Waals surface area contributed by atoms with Crippen molar-refractivity contribution in [1.29, 1.82) is 0 Å². The van der Waals surface area contributed by atoms with E-state index in [9.17, 15) is 4.79 Å². The van der Waals surface area contributed by atoms with Crippen LogP contribution in [0.5, 0.6) is 0 Å². The molecular weight excluding hydrogens is 282 g/mol. The summed E-state index contributed by atoms with van der Waals surface area (Å²) in [6.07, 6.45) is 4.22. The zero-order chi connectivity index (χ0) is 15.2. The lowest BCUT2D eigenvalue weighted by Gasteiger charge is -2.32. The van der Waals surface area contributed by atoms with Crippen LogP contribution in [0.4, 0.5) is 5.82 Å². The van der Waals surface area contributed by atoms with Gasteiger partial charge in [-0.3, -0.25) is 9.69 Å². The van der Waals surface area contributed by atoms with Crippen molar-refractivity contribution in [3.05, 3.63) is 18.3 Å². The van der Waals surface area contributed by atoms with E-state index in [1.165, 1.54) is 12.8 Å². The highest BCUT2D eigenvalue weighted by Gasteiger charge is 2.24. The van der Waals surface area contributed by atoms with Crippen molar-refractivity contribution in [2.24, 2.45) is 5.92 Å². The van der Waals surface area contributed by atoms with Gasteiger partial charge in [0.25, 0.3) is 0 Å². The number of carbonyl (C=O) groups is 1. The molecule has 120 valence electrons. The second kappa shape index (κ2) is 7.51. The van der Waals surface area contributed by atoms with Crippen molar-refractivity contribution in [3.8, 4) is 0 Å². The van der Waals surface area contributed by atoms with Crippen LogP contribution in [0.25, 0.3) is 0 Å². The second-order valence-electron chi connectivity index (χ2n) is 5.97. The van der Waals surface area contributed by atoms with Gasteiger partial charge in [-0.25, -0.2) is 0 Å². The zero-order valence-corrected chi connectivity index (χ0v) is 12.7. The van der Waals surface area contributed by atoms with Crippen LogP contribution < -0.4 is 10.6 Å². The van der Waals surface area contributed by atoms with Crippen LogP contribution >= 0.6 is 0 Å². The van der Waals surface area contributed by atoms with Gasteiger partial charge in [0.1, 0.15) is 5.82 Å². The number of hydrogen-bond donors (Lipinski definition) is 2. The van der Waals surface area contributed by atoms with Crippen molar-refractivity contribution in [2.45, 2.75) is 18.9 Å². The van der Waals surface area contributed by atoms with E-state index in [0.29, 0.717) is 19.7 Å². The first-order valence-electron chi connectivity index (χ1n) is 7.92. The topological polar surface area (TPSA) is 79.4 Å². The molecule has 1 aromatic heterocycles. The third-order valence-corrected chi connectivity index (χ3v) is 3.96. The summed E-state index contributed by atoms with van der Waals surface area (Å²) in [6, 6.07) is 3.71. The molecule has 1 aromatic rings. The maximum atomic E-state index is 11.9. The molecular formula is C15H23N5O2. The zero-order valence-electron chi connectivity index (χ0n) is 12.7. The monoisotopic (exact) mass is 305 g/mol. The number of hydrogen-bond acceptors (Lipinski definition) is 6. The smallest absolute Gasteiger partial charge is 0.234 e. The van der Waals surface area contributed by atoms with E-state index >= 15 is 0 Å². The van der Waals surface area contributed by atoms with Crippen LogP contribution in [0.2, 0.25) is 0 Å². The van der Waals surface area contributed by atoms with Gasteiger partial charge >= 0.3 is 0 Å². The van der Waals surface area contributed by atoms with Gasteiger partial charge in [0.15, 0.2) is 0 Å². The Labute approximate surface area is 130 Å². The molecule has 1 amide bonds. The molecule has 0 unspecified atom stereocenters. The lowest BCUT2D eigenvalue weighted by Crippen LogP contribution is -2.49. The van der Waals surface area contributed by atoms with Crippen LogP contribution in [0.15, 0.2) is 18.3 Å². The first kappa shape index (κ1) is 15.2. The highest BCUT2D eigenvalue weighted by atomic mass is 16.5. The number of carbonyl (C=O) groups excluding carboxylic acids is 1. The Morgan fingerprint density at radius 2 is 2.32 bits per heavy atom. The number of anilines is 1. The van der Waals surface area contributed by atoms with Crippen molar-refractivity contribution in [2.75, 3.05) is 44.6 Å². The molecule has 2 fully saturated rings. The highest BCUT2D eigenvalue weighted by Crippen LogP contribution is 2.27. The first-order chi connectivity index (χ1) is 10.8. The summed E-state index contributed by atoms with van der Waals surface area (Å²) < 4.78 is 5.74. The maximum absolute atomic E-state index is 11.9. The fourth-order valence-corrected chi connectivity index (χ4v) is 2.50. The fraction of sp³-hybridized carbons (Fsp3) is 0.667. The molecule has 1 aliphatic carbocycles. The highest BCUT2D eigenvalue weighted by molar-refractivity contribution is 5.78. The van der Waals surface area contributed by atoms with Gasteiger partial charge in [0.2, 0.25) is 5.91 Å². The summed E-state index contributed by atoms with van der Waals surface area (Å²) in [4.78, 5) is 14.0. The minimum atomic E-state index is 0.0620. The second-order valence-corrected chi connectivity index (χ2v) is 5.97. The first-order valence-corrected chi connectivity index (χ1v) is 7.92. The molecule has 0 aromatic carbocycles. The van der Waals surface area contributed by atoms with Crippen LogP contribution in [0.3, 0.4) is 0 Å². The molecule has 0 spiro atoms. The molecule has 1 saturated carbocycles. The Bertz CT molecular complexity index is 480. The average Bonchev–Trinajstić information content (AvgIpc) is 3.37. The van der Waals surface area contributed by atoms with Crippen LogP contribution in [0, 0.1) is 5.92 Å². The van der Waals surface area contributed by atoms with Gasteiger partial charge in [0.05, 0.1) is 19.3 Å². The molecule has 0 radical (unpaired) electrons. The molecule has 1 saturated heterocycles. The molecule has 2 N–H and O–H groups in total. The number of nitrogens with one attached hydrogen (secondary N) is 2. The molecule has 0 bridgehead atoms. The lowest BCUT2D eigenvalue weighted by atomic mass is 10.2. The standard InChI is InChI=1S/C15H23N5O2/c21-15(17-8-12-3-4-12)11-20-6-7-22-13(10-20)9-16-14-2-1-5-18-19-14/h1-2,5,12-13H,3-4,6-11H2,(H,16,19)(H,17,21)/t13-/m1/s1. The summed E-state index contributed by atoms with van der Waals surface area (Å²) in [7, 11) is 0. The van der Waals surface area contributed by atoms with Gasteiger partial charge in [-0.1, -0.05) is 0 Å². The van der Waals surface area contributed by atoms with Crippen molar-refractivity contribution in [3.63, 3.8) is 0 Å². The van der Waals surface area contributed by atoms with E-state index in [-0.39, 0.29) is 12.0 Å². The minimum Gasteiger partial charge on any atom is -0.374 e. The molecule has 3 rings (SSSR count). The van der Waals surface area contributed by atoms with Crippen LogP contribution in [-0.4, -0.2) is 66.4 Å². The summed E-state index contributed by atoms with van der Waals surface area (Å²) >= 11 is 0. The molecule has 2 aliphatic rings. The SMILES string of the molecule is O=C(CN1CCO[C@H](CNc2cccnn2)C1)NCC1CC1. The largest absolute Gasteiger partial charge is 0.374 e. The van der Waals surface area contributed by atoms with Crippen molar-refractivity contribution >= 4 is 11.7 Å². The average molecular weight is 305 g/mol.